The number of guanidine groups is 1. The lowest BCUT2D eigenvalue weighted by Gasteiger charge is -2.31. The van der Waals surface area contributed by atoms with Gasteiger partial charge in [-0.2, -0.15) is 0 Å². The molecule has 1 aliphatic heterocycles. The highest BCUT2D eigenvalue weighted by molar-refractivity contribution is 5.79. The van der Waals surface area contributed by atoms with Crippen LogP contribution in [0.2, 0.25) is 0 Å². The predicted octanol–water partition coefficient (Wildman–Crippen LogP) is 1.65. The third-order valence-electron chi connectivity index (χ3n) is 4.44. The van der Waals surface area contributed by atoms with E-state index in [1.165, 1.54) is 0 Å². The zero-order valence-corrected chi connectivity index (χ0v) is 15.7. The molecule has 1 aromatic rings. The highest BCUT2D eigenvalue weighted by atomic mass is 16.5. The second-order valence-corrected chi connectivity index (χ2v) is 6.23. The maximum Gasteiger partial charge on any atom is 0.191 e. The number of aliphatic imine (C=N–C) groups is 1. The molecular weight excluding hydrogens is 316 g/mol. The SMILES string of the molecule is CCNC(=NCC(C)N1CCOCC1)NCC(OC)c1ccccc1. The molecule has 0 saturated carbocycles. The first-order valence-corrected chi connectivity index (χ1v) is 9.16. The van der Waals surface area contributed by atoms with Crippen molar-refractivity contribution >= 4 is 5.96 Å². The molecule has 1 aromatic carbocycles. The summed E-state index contributed by atoms with van der Waals surface area (Å²) in [6, 6.07) is 10.7. The molecule has 1 heterocycles. The number of ether oxygens (including phenoxy) is 2. The molecule has 0 aliphatic carbocycles. The van der Waals surface area contributed by atoms with Gasteiger partial charge in [0.25, 0.3) is 0 Å². The quantitative estimate of drug-likeness (QED) is 0.553. The summed E-state index contributed by atoms with van der Waals surface area (Å²) in [5.74, 6) is 0.834. The number of hydrogen-bond acceptors (Lipinski definition) is 4. The Balaban J connectivity index is 1.88. The minimum atomic E-state index is 0.00160. The van der Waals surface area contributed by atoms with Gasteiger partial charge >= 0.3 is 0 Å². The minimum absolute atomic E-state index is 0.00160. The van der Waals surface area contributed by atoms with Gasteiger partial charge in [0.2, 0.25) is 0 Å². The molecule has 1 fully saturated rings. The van der Waals surface area contributed by atoms with E-state index in [9.17, 15) is 0 Å². The summed E-state index contributed by atoms with van der Waals surface area (Å²) in [6.07, 6.45) is 0.00160. The lowest BCUT2D eigenvalue weighted by atomic mass is 10.1. The first-order chi connectivity index (χ1) is 12.2. The maximum absolute atomic E-state index is 5.62. The van der Waals surface area contributed by atoms with Gasteiger partial charge in [0.05, 0.1) is 25.9 Å². The van der Waals surface area contributed by atoms with Crippen LogP contribution in [-0.4, -0.2) is 69.9 Å². The fourth-order valence-corrected chi connectivity index (χ4v) is 2.89. The third kappa shape index (κ3) is 6.65. The van der Waals surface area contributed by atoms with E-state index in [0.29, 0.717) is 12.6 Å². The Morgan fingerprint density at radius 1 is 1.24 bits per heavy atom. The monoisotopic (exact) mass is 348 g/mol. The lowest BCUT2D eigenvalue weighted by Crippen LogP contribution is -2.45. The zero-order chi connectivity index (χ0) is 17.9. The molecule has 6 heteroatoms. The van der Waals surface area contributed by atoms with Gasteiger partial charge in [-0.05, 0) is 19.4 Å². The molecule has 0 spiro atoms. The van der Waals surface area contributed by atoms with Crippen LogP contribution < -0.4 is 10.6 Å². The van der Waals surface area contributed by atoms with Crippen molar-refractivity contribution in [2.45, 2.75) is 26.0 Å². The van der Waals surface area contributed by atoms with E-state index in [2.05, 4.69) is 41.5 Å². The summed E-state index contributed by atoms with van der Waals surface area (Å²) in [5.41, 5.74) is 1.16. The number of methoxy groups -OCH3 is 1. The lowest BCUT2D eigenvalue weighted by molar-refractivity contribution is 0.0220. The van der Waals surface area contributed by atoms with Crippen molar-refractivity contribution in [3.05, 3.63) is 35.9 Å². The number of morpholine rings is 1. The third-order valence-corrected chi connectivity index (χ3v) is 4.44. The Bertz CT molecular complexity index is 503. The predicted molar refractivity (Wildman–Crippen MR) is 102 cm³/mol. The highest BCUT2D eigenvalue weighted by Crippen LogP contribution is 2.14. The van der Waals surface area contributed by atoms with Crippen LogP contribution in [0.4, 0.5) is 0 Å². The van der Waals surface area contributed by atoms with Crippen LogP contribution in [0.5, 0.6) is 0 Å². The van der Waals surface area contributed by atoms with Gasteiger partial charge in [-0.3, -0.25) is 9.89 Å². The van der Waals surface area contributed by atoms with E-state index < -0.39 is 0 Å². The Morgan fingerprint density at radius 3 is 2.60 bits per heavy atom. The molecule has 2 rings (SSSR count). The first kappa shape index (κ1) is 19.7. The van der Waals surface area contributed by atoms with Crippen LogP contribution in [0.15, 0.2) is 35.3 Å². The Morgan fingerprint density at radius 2 is 1.96 bits per heavy atom. The molecule has 0 aromatic heterocycles. The van der Waals surface area contributed by atoms with Gasteiger partial charge in [-0.25, -0.2) is 0 Å². The van der Waals surface area contributed by atoms with E-state index in [1.54, 1.807) is 7.11 Å². The molecule has 0 amide bonds. The molecule has 0 bridgehead atoms. The molecule has 2 N–H and O–H groups in total. The van der Waals surface area contributed by atoms with Crippen LogP contribution in [0, 0.1) is 0 Å². The van der Waals surface area contributed by atoms with Crippen molar-refractivity contribution in [3.63, 3.8) is 0 Å². The molecule has 1 aliphatic rings. The van der Waals surface area contributed by atoms with Crippen LogP contribution >= 0.6 is 0 Å². The first-order valence-electron chi connectivity index (χ1n) is 9.16. The van der Waals surface area contributed by atoms with E-state index in [4.69, 9.17) is 14.5 Å². The van der Waals surface area contributed by atoms with Crippen molar-refractivity contribution in [1.29, 1.82) is 0 Å². The van der Waals surface area contributed by atoms with Crippen LogP contribution in [0.1, 0.15) is 25.5 Å². The normalized spacial score (nSPS) is 18.6. The smallest absolute Gasteiger partial charge is 0.191 e. The summed E-state index contributed by atoms with van der Waals surface area (Å²) in [7, 11) is 1.74. The maximum atomic E-state index is 5.62. The van der Waals surface area contributed by atoms with Crippen LogP contribution in [0.25, 0.3) is 0 Å². The van der Waals surface area contributed by atoms with E-state index in [-0.39, 0.29) is 6.10 Å². The van der Waals surface area contributed by atoms with E-state index in [0.717, 1.165) is 50.9 Å². The Labute approximate surface area is 151 Å². The summed E-state index contributed by atoms with van der Waals surface area (Å²) < 4.78 is 11.0. The fraction of sp³-hybridized carbons (Fsp3) is 0.632. The van der Waals surface area contributed by atoms with Crippen molar-refractivity contribution in [2.24, 2.45) is 4.99 Å². The highest BCUT2D eigenvalue weighted by Gasteiger charge is 2.17. The Hall–Kier alpha value is -1.63. The summed E-state index contributed by atoms with van der Waals surface area (Å²) in [5, 5.41) is 6.71. The molecule has 2 atom stereocenters. The van der Waals surface area contributed by atoms with Crippen LogP contribution in [-0.2, 0) is 9.47 Å². The number of benzene rings is 1. The molecule has 6 nitrogen and oxygen atoms in total. The number of nitrogens with one attached hydrogen (secondary N) is 2. The second kappa shape index (κ2) is 11.1. The molecular formula is C19H32N4O2. The van der Waals surface area contributed by atoms with Gasteiger partial charge < -0.3 is 20.1 Å². The molecule has 2 unspecified atom stereocenters. The van der Waals surface area contributed by atoms with Crippen molar-refractivity contribution in [3.8, 4) is 0 Å². The summed E-state index contributed by atoms with van der Waals surface area (Å²) in [6.45, 7) is 10.2. The molecule has 140 valence electrons. The topological polar surface area (TPSA) is 58.1 Å². The van der Waals surface area contributed by atoms with Gasteiger partial charge in [0, 0.05) is 39.3 Å². The van der Waals surface area contributed by atoms with Crippen molar-refractivity contribution in [1.82, 2.24) is 15.5 Å². The van der Waals surface area contributed by atoms with Crippen molar-refractivity contribution in [2.75, 3.05) is 53.0 Å². The van der Waals surface area contributed by atoms with Gasteiger partial charge in [-0.15, -0.1) is 0 Å². The largest absolute Gasteiger partial charge is 0.379 e. The summed E-state index contributed by atoms with van der Waals surface area (Å²) in [4.78, 5) is 7.17. The minimum Gasteiger partial charge on any atom is -0.379 e. The number of hydrogen-bond donors (Lipinski definition) is 2. The van der Waals surface area contributed by atoms with Gasteiger partial charge in [0.1, 0.15) is 0 Å². The second-order valence-electron chi connectivity index (χ2n) is 6.23. The Kier molecular flexibility index (Phi) is 8.72. The zero-order valence-electron chi connectivity index (χ0n) is 15.7. The van der Waals surface area contributed by atoms with E-state index in [1.807, 2.05) is 18.2 Å². The van der Waals surface area contributed by atoms with Crippen molar-refractivity contribution < 1.29 is 9.47 Å². The number of rotatable bonds is 8. The number of nitrogens with zero attached hydrogens (tertiary/aromatic N) is 2. The molecule has 1 saturated heterocycles. The van der Waals surface area contributed by atoms with Gasteiger partial charge in [-0.1, -0.05) is 30.3 Å². The summed E-state index contributed by atoms with van der Waals surface area (Å²) >= 11 is 0. The van der Waals surface area contributed by atoms with E-state index >= 15 is 0 Å². The fourth-order valence-electron chi connectivity index (χ4n) is 2.89. The molecule has 0 radical (unpaired) electrons. The van der Waals surface area contributed by atoms with Crippen LogP contribution in [0.3, 0.4) is 0 Å². The average molecular weight is 348 g/mol. The standard InChI is InChI=1S/C19H32N4O2/c1-4-20-19(21-14-16(2)23-10-12-25-13-11-23)22-15-18(24-3)17-8-6-5-7-9-17/h5-9,16,18H,4,10-15H2,1-3H3,(H2,20,21,22). The van der Waals surface area contributed by atoms with Gasteiger partial charge in [0.15, 0.2) is 5.96 Å². The molecule has 25 heavy (non-hydrogen) atoms. The average Bonchev–Trinajstić information content (AvgIpc) is 2.67.